The van der Waals surface area contributed by atoms with E-state index in [4.69, 9.17) is 9.47 Å². The monoisotopic (exact) mass is 282 g/mol. The Kier molecular flexibility index (Phi) is 8.46. The standard InChI is InChI=1S/C14H25F3O2/c15-14(16,17)9-4-1-2-5-10-18-12-8-13-7-3-6-11-19-13/h13H,1-12H2. The quantitative estimate of drug-likeness (QED) is 0.581. The van der Waals surface area contributed by atoms with Crippen LogP contribution in [0, 0.1) is 0 Å². The third kappa shape index (κ3) is 10.2. The Morgan fingerprint density at radius 2 is 1.79 bits per heavy atom. The Morgan fingerprint density at radius 3 is 2.47 bits per heavy atom. The second-order valence-electron chi connectivity index (χ2n) is 5.17. The summed E-state index contributed by atoms with van der Waals surface area (Å²) < 4.78 is 46.7. The number of ether oxygens (including phenoxy) is 2. The molecule has 1 heterocycles. The Morgan fingerprint density at radius 1 is 1.00 bits per heavy atom. The molecule has 1 aliphatic heterocycles. The van der Waals surface area contributed by atoms with E-state index in [-0.39, 0.29) is 6.42 Å². The predicted octanol–water partition coefficient (Wildman–Crippen LogP) is 4.48. The maximum absolute atomic E-state index is 11.9. The lowest BCUT2D eigenvalue weighted by atomic mass is 10.1. The summed E-state index contributed by atoms with van der Waals surface area (Å²) in [5.74, 6) is 0. The molecule has 0 spiro atoms. The highest BCUT2D eigenvalue weighted by molar-refractivity contribution is 4.62. The predicted molar refractivity (Wildman–Crippen MR) is 68.2 cm³/mol. The van der Waals surface area contributed by atoms with Crippen LogP contribution >= 0.6 is 0 Å². The smallest absolute Gasteiger partial charge is 0.381 e. The van der Waals surface area contributed by atoms with E-state index >= 15 is 0 Å². The van der Waals surface area contributed by atoms with Gasteiger partial charge in [-0.05, 0) is 38.5 Å². The van der Waals surface area contributed by atoms with E-state index in [2.05, 4.69) is 0 Å². The summed E-state index contributed by atoms with van der Waals surface area (Å²) in [6, 6.07) is 0. The van der Waals surface area contributed by atoms with E-state index in [9.17, 15) is 13.2 Å². The first-order chi connectivity index (χ1) is 9.08. The van der Waals surface area contributed by atoms with Crippen LogP contribution in [0.15, 0.2) is 0 Å². The van der Waals surface area contributed by atoms with Crippen molar-refractivity contribution < 1.29 is 22.6 Å². The Hall–Kier alpha value is -0.290. The van der Waals surface area contributed by atoms with Crippen molar-refractivity contribution >= 4 is 0 Å². The molecule has 0 N–H and O–H groups in total. The van der Waals surface area contributed by atoms with Gasteiger partial charge < -0.3 is 9.47 Å². The molecule has 0 aliphatic carbocycles. The van der Waals surface area contributed by atoms with Gasteiger partial charge in [-0.3, -0.25) is 0 Å². The SMILES string of the molecule is FC(F)(F)CCCCCCOCCC1CCCCO1. The molecule has 0 aromatic carbocycles. The molecular formula is C14H25F3O2. The average molecular weight is 282 g/mol. The highest BCUT2D eigenvalue weighted by Gasteiger charge is 2.25. The highest BCUT2D eigenvalue weighted by atomic mass is 19.4. The minimum atomic E-state index is -4.00. The van der Waals surface area contributed by atoms with Crippen LogP contribution in [-0.4, -0.2) is 32.1 Å². The number of rotatable bonds is 9. The van der Waals surface area contributed by atoms with E-state index < -0.39 is 12.6 Å². The molecule has 0 aromatic heterocycles. The Balaban J connectivity index is 1.78. The first-order valence-corrected chi connectivity index (χ1v) is 7.34. The van der Waals surface area contributed by atoms with Crippen molar-refractivity contribution in [2.45, 2.75) is 70.1 Å². The van der Waals surface area contributed by atoms with Crippen molar-refractivity contribution in [3.05, 3.63) is 0 Å². The topological polar surface area (TPSA) is 18.5 Å². The fourth-order valence-corrected chi connectivity index (χ4v) is 2.24. The lowest BCUT2D eigenvalue weighted by Crippen LogP contribution is -2.20. The zero-order valence-corrected chi connectivity index (χ0v) is 11.5. The number of hydrogen-bond acceptors (Lipinski definition) is 2. The first-order valence-electron chi connectivity index (χ1n) is 7.34. The van der Waals surface area contributed by atoms with Gasteiger partial charge in [-0.25, -0.2) is 0 Å². The van der Waals surface area contributed by atoms with Gasteiger partial charge >= 0.3 is 6.18 Å². The molecule has 1 rings (SSSR count). The second-order valence-corrected chi connectivity index (χ2v) is 5.17. The molecule has 0 radical (unpaired) electrons. The second kappa shape index (κ2) is 9.59. The van der Waals surface area contributed by atoms with Crippen LogP contribution in [0.1, 0.15) is 57.8 Å². The zero-order chi connectivity index (χ0) is 14.0. The van der Waals surface area contributed by atoms with Gasteiger partial charge in [0.2, 0.25) is 0 Å². The van der Waals surface area contributed by atoms with Crippen LogP contribution in [0.2, 0.25) is 0 Å². The Bertz CT molecular complexity index is 213. The molecular weight excluding hydrogens is 257 g/mol. The number of unbranched alkanes of at least 4 members (excludes halogenated alkanes) is 3. The molecule has 1 aliphatic rings. The molecule has 0 saturated carbocycles. The molecule has 0 bridgehead atoms. The lowest BCUT2D eigenvalue weighted by Gasteiger charge is -2.22. The molecule has 1 saturated heterocycles. The number of alkyl halides is 3. The fourth-order valence-electron chi connectivity index (χ4n) is 2.24. The van der Waals surface area contributed by atoms with E-state index in [1.54, 1.807) is 0 Å². The summed E-state index contributed by atoms with van der Waals surface area (Å²) in [7, 11) is 0. The van der Waals surface area contributed by atoms with Crippen LogP contribution in [0.4, 0.5) is 13.2 Å². The summed E-state index contributed by atoms with van der Waals surface area (Å²) in [5.41, 5.74) is 0. The van der Waals surface area contributed by atoms with Crippen molar-refractivity contribution in [3.8, 4) is 0 Å². The van der Waals surface area contributed by atoms with Crippen molar-refractivity contribution in [2.24, 2.45) is 0 Å². The maximum Gasteiger partial charge on any atom is 0.389 e. The largest absolute Gasteiger partial charge is 0.389 e. The first kappa shape index (κ1) is 16.8. The van der Waals surface area contributed by atoms with Crippen LogP contribution in [0.25, 0.3) is 0 Å². The summed E-state index contributed by atoms with van der Waals surface area (Å²) in [5, 5.41) is 0. The molecule has 1 atom stereocenters. The van der Waals surface area contributed by atoms with E-state index in [0.717, 1.165) is 38.7 Å². The molecule has 0 amide bonds. The minimum absolute atomic E-state index is 0.236. The van der Waals surface area contributed by atoms with Crippen LogP contribution < -0.4 is 0 Å². The summed E-state index contributed by atoms with van der Waals surface area (Å²) in [6.45, 7) is 2.22. The number of hydrogen-bond donors (Lipinski definition) is 0. The van der Waals surface area contributed by atoms with Gasteiger partial charge in [0.1, 0.15) is 0 Å². The van der Waals surface area contributed by atoms with Crippen molar-refractivity contribution in [1.29, 1.82) is 0 Å². The molecule has 0 aromatic rings. The zero-order valence-electron chi connectivity index (χ0n) is 11.5. The lowest BCUT2D eigenvalue weighted by molar-refractivity contribution is -0.135. The van der Waals surface area contributed by atoms with Crippen LogP contribution in [0.3, 0.4) is 0 Å². The van der Waals surface area contributed by atoms with Gasteiger partial charge in [0.05, 0.1) is 6.10 Å². The van der Waals surface area contributed by atoms with E-state index in [1.807, 2.05) is 0 Å². The van der Waals surface area contributed by atoms with Gasteiger partial charge in [0.25, 0.3) is 0 Å². The van der Waals surface area contributed by atoms with Gasteiger partial charge in [-0.2, -0.15) is 13.2 Å². The third-order valence-electron chi connectivity index (χ3n) is 3.36. The van der Waals surface area contributed by atoms with E-state index in [1.165, 1.54) is 6.42 Å². The van der Waals surface area contributed by atoms with Gasteiger partial charge in [0, 0.05) is 26.2 Å². The van der Waals surface area contributed by atoms with E-state index in [0.29, 0.717) is 25.7 Å². The molecule has 5 heteroatoms. The van der Waals surface area contributed by atoms with Crippen molar-refractivity contribution in [3.63, 3.8) is 0 Å². The van der Waals surface area contributed by atoms with Gasteiger partial charge in [0.15, 0.2) is 0 Å². The molecule has 19 heavy (non-hydrogen) atoms. The fraction of sp³-hybridized carbons (Fsp3) is 1.00. The Labute approximate surface area is 113 Å². The minimum Gasteiger partial charge on any atom is -0.381 e. The molecule has 2 nitrogen and oxygen atoms in total. The summed E-state index contributed by atoms with van der Waals surface area (Å²) in [4.78, 5) is 0. The average Bonchev–Trinajstić information content (AvgIpc) is 2.37. The van der Waals surface area contributed by atoms with Gasteiger partial charge in [-0.1, -0.05) is 12.8 Å². The third-order valence-corrected chi connectivity index (χ3v) is 3.36. The van der Waals surface area contributed by atoms with Crippen LogP contribution in [-0.2, 0) is 9.47 Å². The maximum atomic E-state index is 11.9. The molecule has 114 valence electrons. The number of halogens is 3. The van der Waals surface area contributed by atoms with Crippen LogP contribution in [0.5, 0.6) is 0 Å². The van der Waals surface area contributed by atoms with Gasteiger partial charge in [-0.15, -0.1) is 0 Å². The summed E-state index contributed by atoms with van der Waals surface area (Å²) in [6.07, 6.45) is 2.69. The van der Waals surface area contributed by atoms with Crippen molar-refractivity contribution in [2.75, 3.05) is 19.8 Å². The summed E-state index contributed by atoms with van der Waals surface area (Å²) >= 11 is 0. The molecule has 1 fully saturated rings. The van der Waals surface area contributed by atoms with Crippen molar-refractivity contribution in [1.82, 2.24) is 0 Å². The normalized spacial score (nSPS) is 20.7. The highest BCUT2D eigenvalue weighted by Crippen LogP contribution is 2.22. The molecule has 1 unspecified atom stereocenters.